The summed E-state index contributed by atoms with van der Waals surface area (Å²) in [4.78, 5) is 16.6. The van der Waals surface area contributed by atoms with Crippen molar-refractivity contribution in [3.63, 3.8) is 0 Å². The summed E-state index contributed by atoms with van der Waals surface area (Å²) < 4.78 is 21.0. The monoisotopic (exact) mass is 482 g/mol. The van der Waals surface area contributed by atoms with Crippen molar-refractivity contribution < 1.29 is 19.0 Å². The zero-order valence-electron chi connectivity index (χ0n) is 18.3. The number of carbonyl (C=O) groups excluding carboxylic acids is 1. The Kier molecular flexibility index (Phi) is 8.69. The fourth-order valence-electron chi connectivity index (χ4n) is 2.74. The van der Waals surface area contributed by atoms with Crippen LogP contribution < -0.4 is 19.5 Å². The molecule has 1 N–H and O–H groups in total. The van der Waals surface area contributed by atoms with Crippen molar-refractivity contribution in [1.29, 1.82) is 5.26 Å². The first-order valence-corrected chi connectivity index (χ1v) is 11.8. The number of nitriles is 1. The lowest BCUT2D eigenvalue weighted by Gasteiger charge is -2.13. The quantitative estimate of drug-likeness (QED) is 0.194. The molecule has 1 aromatic heterocycles. The Balaban J connectivity index is 1.63. The average molecular weight is 483 g/mol. The van der Waals surface area contributed by atoms with E-state index < -0.39 is 5.91 Å². The van der Waals surface area contributed by atoms with E-state index in [4.69, 9.17) is 14.2 Å². The van der Waals surface area contributed by atoms with Gasteiger partial charge in [0.1, 0.15) is 30.6 Å². The summed E-state index contributed by atoms with van der Waals surface area (Å²) >= 11 is 2.42. The number of hydrogen-bond donors (Lipinski definition) is 1. The number of amides is 1. The lowest BCUT2D eigenvalue weighted by molar-refractivity contribution is -0.112. The molecule has 0 aliphatic carbocycles. The van der Waals surface area contributed by atoms with Crippen LogP contribution in [0.4, 0.5) is 5.13 Å². The Bertz CT molecular complexity index is 1190. The molecule has 1 heterocycles. The molecule has 33 heavy (non-hydrogen) atoms. The molecule has 0 fully saturated rings. The molecule has 0 spiro atoms. The Morgan fingerprint density at radius 2 is 1.94 bits per heavy atom. The highest BCUT2D eigenvalue weighted by Crippen LogP contribution is 2.29. The Labute approximate surface area is 200 Å². The van der Waals surface area contributed by atoms with Gasteiger partial charge < -0.3 is 14.2 Å². The number of para-hydroxylation sites is 1. The predicted octanol–water partition coefficient (Wildman–Crippen LogP) is 4.58. The summed E-state index contributed by atoms with van der Waals surface area (Å²) in [5, 5.41) is 12.9. The fraction of sp³-hybridized carbons (Fsp3) is 0.217. The number of thioether (sulfide) groups is 1. The summed E-state index contributed by atoms with van der Waals surface area (Å²) in [5.74, 6) is 1.26. The number of carbonyl (C=O) groups is 1. The van der Waals surface area contributed by atoms with E-state index in [1.165, 1.54) is 24.9 Å². The van der Waals surface area contributed by atoms with Gasteiger partial charge in [0.25, 0.3) is 5.91 Å². The van der Waals surface area contributed by atoms with Gasteiger partial charge >= 0.3 is 0 Å². The van der Waals surface area contributed by atoms with Crippen molar-refractivity contribution >= 4 is 40.4 Å². The Hall–Kier alpha value is -3.55. The summed E-state index contributed by atoms with van der Waals surface area (Å²) in [7, 11) is 1.52. The molecule has 10 heteroatoms. The van der Waals surface area contributed by atoms with E-state index in [2.05, 4.69) is 14.7 Å². The van der Waals surface area contributed by atoms with Gasteiger partial charge in [0, 0.05) is 11.5 Å². The first-order valence-electron chi connectivity index (χ1n) is 9.84. The molecule has 0 radical (unpaired) electrons. The fourth-order valence-corrected chi connectivity index (χ4v) is 3.86. The second-order valence-corrected chi connectivity index (χ2v) is 8.11. The van der Waals surface area contributed by atoms with Crippen molar-refractivity contribution in [2.24, 2.45) is 0 Å². The maximum Gasteiger partial charge on any atom is 0.268 e. The van der Waals surface area contributed by atoms with Crippen molar-refractivity contribution in [2.45, 2.75) is 12.1 Å². The maximum absolute atomic E-state index is 12.4. The zero-order chi connectivity index (χ0) is 23.6. The third-order valence-electron chi connectivity index (χ3n) is 4.37. The minimum atomic E-state index is -0.561. The maximum atomic E-state index is 12.4. The third-order valence-corrected chi connectivity index (χ3v) is 5.66. The van der Waals surface area contributed by atoms with Gasteiger partial charge in [-0.1, -0.05) is 36.0 Å². The molecule has 0 saturated carbocycles. The van der Waals surface area contributed by atoms with Gasteiger partial charge in [-0.15, -0.1) is 0 Å². The molecule has 0 saturated heterocycles. The molecule has 1 amide bonds. The number of ether oxygens (including phenoxy) is 3. The van der Waals surface area contributed by atoms with Crippen LogP contribution in [-0.2, 0) is 4.79 Å². The first-order chi connectivity index (χ1) is 16.0. The van der Waals surface area contributed by atoms with E-state index in [-0.39, 0.29) is 5.57 Å². The van der Waals surface area contributed by atoms with Gasteiger partial charge in [0.2, 0.25) is 10.3 Å². The number of benzene rings is 2. The molecule has 8 nitrogen and oxygen atoms in total. The van der Waals surface area contributed by atoms with Gasteiger partial charge in [-0.25, -0.2) is 0 Å². The molecule has 3 aromatic rings. The van der Waals surface area contributed by atoms with Crippen molar-refractivity contribution in [3.05, 3.63) is 59.2 Å². The average Bonchev–Trinajstić information content (AvgIpc) is 3.29. The second kappa shape index (κ2) is 11.9. The molecule has 3 rings (SSSR count). The number of hydrogen-bond acceptors (Lipinski definition) is 9. The molecule has 170 valence electrons. The van der Waals surface area contributed by atoms with Crippen LogP contribution in [0.25, 0.3) is 6.08 Å². The first kappa shape index (κ1) is 24.1. The second-order valence-electron chi connectivity index (χ2n) is 6.58. The van der Waals surface area contributed by atoms with Crippen LogP contribution >= 0.6 is 23.3 Å². The lowest BCUT2D eigenvalue weighted by atomic mass is 10.1. The van der Waals surface area contributed by atoms with Crippen LogP contribution in [0.5, 0.6) is 17.2 Å². The Morgan fingerprint density at radius 1 is 1.18 bits per heavy atom. The summed E-state index contributed by atoms with van der Waals surface area (Å²) in [5.41, 5.74) is 1.60. The highest BCUT2D eigenvalue weighted by molar-refractivity contribution is 7.98. The summed E-state index contributed by atoms with van der Waals surface area (Å²) in [6, 6.07) is 14.8. The lowest BCUT2D eigenvalue weighted by Crippen LogP contribution is -2.13. The summed E-state index contributed by atoms with van der Waals surface area (Å²) in [6.45, 7) is 2.68. The largest absolute Gasteiger partial charge is 0.493 e. The smallest absolute Gasteiger partial charge is 0.268 e. The molecule has 0 atom stereocenters. The van der Waals surface area contributed by atoms with E-state index in [1.807, 2.05) is 43.5 Å². The number of anilines is 1. The van der Waals surface area contributed by atoms with Gasteiger partial charge in [-0.2, -0.15) is 14.6 Å². The van der Waals surface area contributed by atoms with E-state index >= 15 is 0 Å². The van der Waals surface area contributed by atoms with Crippen LogP contribution in [0, 0.1) is 18.3 Å². The van der Waals surface area contributed by atoms with E-state index in [0.717, 1.165) is 22.8 Å². The van der Waals surface area contributed by atoms with Crippen LogP contribution in [-0.4, -0.2) is 41.8 Å². The van der Waals surface area contributed by atoms with Crippen LogP contribution in [0.3, 0.4) is 0 Å². The molecule has 2 aromatic carbocycles. The molecule has 0 bridgehead atoms. The van der Waals surface area contributed by atoms with Crippen molar-refractivity contribution in [2.75, 3.05) is 31.9 Å². The highest BCUT2D eigenvalue weighted by atomic mass is 32.2. The van der Waals surface area contributed by atoms with Gasteiger partial charge in [0.15, 0.2) is 11.5 Å². The minimum absolute atomic E-state index is 0.0711. The number of nitrogens with one attached hydrogen (secondary N) is 1. The molecular formula is C23H22N4O4S2. The number of aromatic nitrogens is 2. The topological polar surface area (TPSA) is 106 Å². The number of aryl methyl sites for hydroxylation is 1. The van der Waals surface area contributed by atoms with Crippen molar-refractivity contribution in [3.8, 4) is 23.3 Å². The normalized spacial score (nSPS) is 10.9. The molecule has 0 aliphatic heterocycles. The van der Waals surface area contributed by atoms with Crippen LogP contribution in [0.15, 0.2) is 53.2 Å². The SMILES string of the molecule is COc1cc(C=C(C#N)C(=O)Nc2nc(SC)ns2)ccc1OCCOc1ccccc1C. The van der Waals surface area contributed by atoms with Crippen LogP contribution in [0.2, 0.25) is 0 Å². The van der Waals surface area contributed by atoms with Gasteiger partial charge in [-0.3, -0.25) is 10.1 Å². The van der Waals surface area contributed by atoms with E-state index in [1.54, 1.807) is 18.2 Å². The number of methoxy groups -OCH3 is 1. The standard InChI is InChI=1S/C23H22N4O4S2/c1-15-6-4-5-7-18(15)30-10-11-31-19-9-8-16(13-20(19)29-2)12-17(14-24)21(28)25-22-26-23(32-3)27-33-22/h4-9,12-13H,10-11H2,1-3H3,(H,25,26,27,28). The highest BCUT2D eigenvalue weighted by Gasteiger charge is 2.13. The number of nitrogens with zero attached hydrogens (tertiary/aromatic N) is 3. The number of rotatable bonds is 10. The Morgan fingerprint density at radius 3 is 2.61 bits per heavy atom. The van der Waals surface area contributed by atoms with Gasteiger partial charge in [-0.05, 0) is 48.6 Å². The summed E-state index contributed by atoms with van der Waals surface area (Å²) in [6.07, 6.45) is 3.31. The van der Waals surface area contributed by atoms with Gasteiger partial charge in [0.05, 0.1) is 7.11 Å². The van der Waals surface area contributed by atoms with E-state index in [9.17, 15) is 10.1 Å². The van der Waals surface area contributed by atoms with Crippen LogP contribution in [0.1, 0.15) is 11.1 Å². The molecule has 0 unspecified atom stereocenters. The minimum Gasteiger partial charge on any atom is -0.493 e. The molecular weight excluding hydrogens is 460 g/mol. The molecule has 0 aliphatic rings. The predicted molar refractivity (Wildman–Crippen MR) is 129 cm³/mol. The van der Waals surface area contributed by atoms with E-state index in [0.29, 0.717) is 40.6 Å². The van der Waals surface area contributed by atoms with Crippen molar-refractivity contribution in [1.82, 2.24) is 9.36 Å². The third kappa shape index (κ3) is 6.71. The zero-order valence-corrected chi connectivity index (χ0v) is 20.0.